The summed E-state index contributed by atoms with van der Waals surface area (Å²) < 4.78 is 32.5. The zero-order chi connectivity index (χ0) is 13.4. The van der Waals surface area contributed by atoms with E-state index in [4.69, 9.17) is 10.5 Å². The summed E-state index contributed by atoms with van der Waals surface area (Å²) in [5, 5.41) is 0. The fourth-order valence-corrected chi connectivity index (χ4v) is 2.59. The van der Waals surface area contributed by atoms with Gasteiger partial charge in [-0.3, -0.25) is 0 Å². The fraction of sp³-hybridized carbons (Fsp3) is 0.571. The molecule has 4 heteroatoms. The summed E-state index contributed by atoms with van der Waals surface area (Å²) >= 11 is 0. The minimum Gasteiger partial charge on any atom is -0.379 e. The second-order valence-electron chi connectivity index (χ2n) is 5.94. The smallest absolute Gasteiger partial charge is 0.127 e. The number of halogens is 2. The van der Waals surface area contributed by atoms with Crippen molar-refractivity contribution in [1.82, 2.24) is 0 Å². The molecule has 0 saturated carbocycles. The van der Waals surface area contributed by atoms with Gasteiger partial charge in [-0.2, -0.15) is 0 Å². The van der Waals surface area contributed by atoms with Crippen molar-refractivity contribution in [3.05, 3.63) is 35.4 Å². The zero-order valence-corrected chi connectivity index (χ0v) is 10.8. The molecule has 2 nitrogen and oxygen atoms in total. The van der Waals surface area contributed by atoms with Gasteiger partial charge in [0.15, 0.2) is 0 Å². The Kier molecular flexibility index (Phi) is 3.43. The maximum absolute atomic E-state index is 13.9. The van der Waals surface area contributed by atoms with Crippen LogP contribution in [0.1, 0.15) is 25.8 Å². The van der Waals surface area contributed by atoms with Gasteiger partial charge >= 0.3 is 0 Å². The van der Waals surface area contributed by atoms with E-state index in [9.17, 15) is 8.78 Å². The van der Waals surface area contributed by atoms with Gasteiger partial charge in [-0.15, -0.1) is 0 Å². The Morgan fingerprint density at radius 1 is 1.33 bits per heavy atom. The third-order valence-corrected chi connectivity index (χ3v) is 3.63. The van der Waals surface area contributed by atoms with Gasteiger partial charge in [0.25, 0.3) is 0 Å². The van der Waals surface area contributed by atoms with Crippen molar-refractivity contribution in [3.8, 4) is 0 Å². The van der Waals surface area contributed by atoms with Crippen LogP contribution >= 0.6 is 0 Å². The minimum absolute atomic E-state index is 0.122. The molecule has 0 unspecified atom stereocenters. The second-order valence-corrected chi connectivity index (χ2v) is 5.94. The monoisotopic (exact) mass is 255 g/mol. The highest BCUT2D eigenvalue weighted by Crippen LogP contribution is 2.43. The molecular formula is C14H19F2NO. The van der Waals surface area contributed by atoms with Crippen molar-refractivity contribution in [2.45, 2.75) is 25.7 Å². The predicted molar refractivity (Wildman–Crippen MR) is 66.3 cm³/mol. The average Bonchev–Trinajstić information content (AvgIpc) is 2.27. The lowest BCUT2D eigenvalue weighted by Crippen LogP contribution is -2.51. The Morgan fingerprint density at radius 3 is 2.50 bits per heavy atom. The normalized spacial score (nSPS) is 18.5. The van der Waals surface area contributed by atoms with Crippen LogP contribution < -0.4 is 5.73 Å². The molecule has 0 amide bonds. The number of hydrogen-bond donors (Lipinski definition) is 1. The molecule has 0 bridgehead atoms. The van der Waals surface area contributed by atoms with Gasteiger partial charge in [-0.25, -0.2) is 8.78 Å². The first-order valence-electron chi connectivity index (χ1n) is 6.12. The first-order valence-corrected chi connectivity index (χ1v) is 6.12. The molecule has 1 aromatic carbocycles. The molecule has 0 spiro atoms. The van der Waals surface area contributed by atoms with Gasteiger partial charge < -0.3 is 10.5 Å². The van der Waals surface area contributed by atoms with E-state index in [1.54, 1.807) is 0 Å². The number of hydrogen-bond acceptors (Lipinski definition) is 2. The Bertz CT molecular complexity index is 441. The van der Waals surface area contributed by atoms with Crippen molar-refractivity contribution in [1.29, 1.82) is 0 Å². The van der Waals surface area contributed by atoms with Crippen LogP contribution in [-0.4, -0.2) is 19.8 Å². The zero-order valence-electron chi connectivity index (χ0n) is 10.8. The molecule has 1 aliphatic heterocycles. The highest BCUT2D eigenvalue weighted by Gasteiger charge is 2.45. The van der Waals surface area contributed by atoms with Crippen LogP contribution in [0, 0.1) is 17.0 Å². The summed E-state index contributed by atoms with van der Waals surface area (Å²) in [6.45, 7) is 5.42. The lowest BCUT2D eigenvalue weighted by Gasteiger charge is -2.46. The minimum atomic E-state index is -0.435. The van der Waals surface area contributed by atoms with Crippen molar-refractivity contribution >= 4 is 0 Å². The molecule has 2 N–H and O–H groups in total. The molecule has 0 aromatic heterocycles. The molecule has 1 aliphatic rings. The van der Waals surface area contributed by atoms with E-state index in [1.807, 2.05) is 13.8 Å². The summed E-state index contributed by atoms with van der Waals surface area (Å²) in [5.74, 6) is -0.782. The van der Waals surface area contributed by atoms with Gasteiger partial charge in [0.05, 0.1) is 13.2 Å². The summed E-state index contributed by atoms with van der Waals surface area (Å²) in [6.07, 6.45) is 0.691. The van der Waals surface area contributed by atoms with Gasteiger partial charge in [0.2, 0.25) is 0 Å². The van der Waals surface area contributed by atoms with Gasteiger partial charge in [0.1, 0.15) is 11.6 Å². The number of rotatable bonds is 4. The Balaban J connectivity index is 2.35. The van der Waals surface area contributed by atoms with Crippen LogP contribution in [0.4, 0.5) is 8.78 Å². The summed E-state index contributed by atoms with van der Waals surface area (Å²) in [6, 6.07) is 3.60. The Morgan fingerprint density at radius 2 is 2.00 bits per heavy atom. The lowest BCUT2D eigenvalue weighted by atomic mass is 9.67. The molecule has 2 rings (SSSR count). The quantitative estimate of drug-likeness (QED) is 0.897. The second kappa shape index (κ2) is 4.59. The standard InChI is InChI=1S/C14H19F2NO/c1-13(2,7-17)6-14(8-18-9-14)11-5-10(15)3-4-12(11)16/h3-5H,6-9,17H2,1-2H3. The number of ether oxygens (including phenoxy) is 1. The third kappa shape index (κ3) is 2.40. The van der Waals surface area contributed by atoms with Crippen molar-refractivity contribution in [2.24, 2.45) is 11.1 Å². The topological polar surface area (TPSA) is 35.2 Å². The van der Waals surface area contributed by atoms with E-state index in [0.717, 1.165) is 6.07 Å². The average molecular weight is 255 g/mol. The summed E-state index contributed by atoms with van der Waals surface area (Å²) in [7, 11) is 0. The van der Waals surface area contributed by atoms with Crippen LogP contribution in [0.25, 0.3) is 0 Å². The van der Waals surface area contributed by atoms with E-state index in [1.165, 1.54) is 12.1 Å². The van der Waals surface area contributed by atoms with Gasteiger partial charge in [0, 0.05) is 11.0 Å². The molecule has 1 aromatic rings. The molecular weight excluding hydrogens is 236 g/mol. The molecule has 1 saturated heterocycles. The van der Waals surface area contributed by atoms with Crippen molar-refractivity contribution < 1.29 is 13.5 Å². The van der Waals surface area contributed by atoms with E-state index < -0.39 is 11.2 Å². The van der Waals surface area contributed by atoms with Crippen molar-refractivity contribution in [2.75, 3.05) is 19.8 Å². The highest BCUT2D eigenvalue weighted by atomic mass is 19.1. The Labute approximate surface area is 106 Å². The predicted octanol–water partition coefficient (Wildman–Crippen LogP) is 2.61. The molecule has 100 valence electrons. The first kappa shape index (κ1) is 13.4. The number of nitrogens with two attached hydrogens (primary N) is 1. The molecule has 0 aliphatic carbocycles. The molecule has 18 heavy (non-hydrogen) atoms. The maximum Gasteiger partial charge on any atom is 0.127 e. The number of benzene rings is 1. The van der Waals surface area contributed by atoms with Gasteiger partial charge in [-0.1, -0.05) is 13.8 Å². The molecule has 0 radical (unpaired) electrons. The van der Waals surface area contributed by atoms with Crippen LogP contribution in [0.3, 0.4) is 0 Å². The molecule has 0 atom stereocenters. The summed E-state index contributed by atoms with van der Waals surface area (Å²) in [5.41, 5.74) is 5.58. The largest absolute Gasteiger partial charge is 0.379 e. The molecule has 1 heterocycles. The van der Waals surface area contributed by atoms with E-state index in [0.29, 0.717) is 31.7 Å². The summed E-state index contributed by atoms with van der Waals surface area (Å²) in [4.78, 5) is 0. The SMILES string of the molecule is CC(C)(CN)CC1(c2cc(F)ccc2F)COC1. The molecule has 1 fully saturated rings. The van der Waals surface area contributed by atoms with E-state index in [2.05, 4.69) is 0 Å². The fourth-order valence-electron chi connectivity index (χ4n) is 2.59. The van der Waals surface area contributed by atoms with E-state index >= 15 is 0 Å². The van der Waals surface area contributed by atoms with Gasteiger partial charge in [-0.05, 0) is 36.6 Å². The van der Waals surface area contributed by atoms with Crippen molar-refractivity contribution in [3.63, 3.8) is 0 Å². The first-order chi connectivity index (χ1) is 8.38. The van der Waals surface area contributed by atoms with Crippen LogP contribution in [-0.2, 0) is 10.2 Å². The van der Waals surface area contributed by atoms with Crippen LogP contribution in [0.2, 0.25) is 0 Å². The lowest BCUT2D eigenvalue weighted by molar-refractivity contribution is -0.0802. The van der Waals surface area contributed by atoms with Crippen LogP contribution in [0.5, 0.6) is 0 Å². The highest BCUT2D eigenvalue weighted by molar-refractivity contribution is 5.30. The third-order valence-electron chi connectivity index (χ3n) is 3.63. The maximum atomic E-state index is 13.9. The van der Waals surface area contributed by atoms with E-state index in [-0.39, 0.29) is 11.2 Å². The van der Waals surface area contributed by atoms with Crippen LogP contribution in [0.15, 0.2) is 18.2 Å². The Hall–Kier alpha value is -1.00.